The molecule has 2 aromatic rings. The predicted octanol–water partition coefficient (Wildman–Crippen LogP) is 3.73. The van der Waals surface area contributed by atoms with Gasteiger partial charge in [-0.3, -0.25) is 4.79 Å². The van der Waals surface area contributed by atoms with Crippen LogP contribution in [0.25, 0.3) is 5.69 Å². The Bertz CT molecular complexity index is 796. The van der Waals surface area contributed by atoms with Gasteiger partial charge in [-0.1, -0.05) is 39.3 Å². The molecule has 0 unspecified atom stereocenters. The van der Waals surface area contributed by atoms with Crippen molar-refractivity contribution in [1.29, 1.82) is 0 Å². The summed E-state index contributed by atoms with van der Waals surface area (Å²) in [7, 11) is 1.55. The number of amides is 1. The molecule has 0 aliphatic carbocycles. The van der Waals surface area contributed by atoms with Gasteiger partial charge in [-0.15, -0.1) is 0 Å². The molecule has 2 aromatic heterocycles. The molecule has 1 amide bonds. The lowest BCUT2D eigenvalue weighted by Gasteiger charge is -2.26. The molecule has 0 aliphatic heterocycles. The maximum Gasteiger partial charge on any atom is 0.288 e. The first kappa shape index (κ1) is 21.2. The number of nitrogens with one attached hydrogen (secondary N) is 1. The van der Waals surface area contributed by atoms with E-state index >= 15 is 0 Å². The summed E-state index contributed by atoms with van der Waals surface area (Å²) in [5, 5.41) is 7.44. The van der Waals surface area contributed by atoms with E-state index in [1.807, 2.05) is 17.7 Å². The third-order valence-corrected chi connectivity index (χ3v) is 4.47. The van der Waals surface area contributed by atoms with Gasteiger partial charge in [0, 0.05) is 25.8 Å². The van der Waals surface area contributed by atoms with Gasteiger partial charge in [0.05, 0.1) is 5.69 Å². The Morgan fingerprint density at radius 2 is 1.89 bits per heavy atom. The van der Waals surface area contributed by atoms with Crippen molar-refractivity contribution < 1.29 is 4.79 Å². The average molecular weight is 393 g/mol. The van der Waals surface area contributed by atoms with Crippen LogP contribution in [-0.2, 0) is 0 Å². The third-order valence-electron chi connectivity index (χ3n) is 4.20. The van der Waals surface area contributed by atoms with Crippen molar-refractivity contribution in [3.63, 3.8) is 0 Å². The van der Waals surface area contributed by atoms with Crippen LogP contribution in [0.4, 0.5) is 5.82 Å². The lowest BCUT2D eigenvalue weighted by Crippen LogP contribution is -2.30. The van der Waals surface area contributed by atoms with Crippen LogP contribution < -0.4 is 10.2 Å². The molecule has 0 fully saturated rings. The number of hydrogen-bond donors (Lipinski definition) is 1. The maximum atomic E-state index is 12.1. The summed E-state index contributed by atoms with van der Waals surface area (Å²) in [4.78, 5) is 23.1. The monoisotopic (exact) mass is 392 g/mol. The molecule has 1 N–H and O–H groups in total. The molecule has 27 heavy (non-hydrogen) atoms. The molecule has 0 atom stereocenters. The summed E-state index contributed by atoms with van der Waals surface area (Å²) in [6, 6.07) is 2.04. The van der Waals surface area contributed by atoms with Crippen molar-refractivity contribution in [3.8, 4) is 5.69 Å². The van der Waals surface area contributed by atoms with Crippen molar-refractivity contribution in [1.82, 2.24) is 25.1 Å². The Morgan fingerprint density at radius 3 is 2.41 bits per heavy atom. The lowest BCUT2D eigenvalue weighted by molar-refractivity contribution is 0.0953. The number of rotatable bonds is 8. The van der Waals surface area contributed by atoms with Crippen LogP contribution in [0, 0.1) is 6.92 Å². The Labute approximate surface area is 166 Å². The van der Waals surface area contributed by atoms with Crippen LogP contribution in [0.3, 0.4) is 0 Å². The number of anilines is 1. The van der Waals surface area contributed by atoms with Crippen LogP contribution in [-0.4, -0.2) is 45.8 Å². The van der Waals surface area contributed by atoms with Gasteiger partial charge in [0.25, 0.3) is 5.91 Å². The lowest BCUT2D eigenvalue weighted by atomic mass is 10.1. The van der Waals surface area contributed by atoms with E-state index in [-0.39, 0.29) is 22.8 Å². The Hall–Kier alpha value is -2.15. The summed E-state index contributed by atoms with van der Waals surface area (Å²) >= 11 is 6.58. The molecule has 7 nitrogen and oxygen atoms in total. The number of carbonyl (C=O) groups is 1. The minimum Gasteiger partial charge on any atom is -0.355 e. The summed E-state index contributed by atoms with van der Waals surface area (Å²) in [5.41, 5.74) is 2.55. The highest BCUT2D eigenvalue weighted by atomic mass is 35.5. The minimum absolute atomic E-state index is 0.0634. The first-order chi connectivity index (χ1) is 12.8. The molecule has 0 aromatic carbocycles. The molecule has 0 saturated heterocycles. The van der Waals surface area contributed by atoms with Gasteiger partial charge < -0.3 is 10.2 Å². The fourth-order valence-corrected chi connectivity index (χ4v) is 3.25. The summed E-state index contributed by atoms with van der Waals surface area (Å²) in [5.74, 6) is 0.591. The molecule has 2 heterocycles. The van der Waals surface area contributed by atoms with Gasteiger partial charge in [-0.05, 0) is 31.7 Å². The number of aromatic nitrogens is 4. The normalized spacial score (nSPS) is 11.1. The van der Waals surface area contributed by atoms with E-state index in [1.54, 1.807) is 7.05 Å². The zero-order valence-electron chi connectivity index (χ0n) is 17.0. The van der Waals surface area contributed by atoms with Crippen LogP contribution in [0.2, 0.25) is 5.15 Å². The second-order valence-corrected chi connectivity index (χ2v) is 7.21. The summed E-state index contributed by atoms with van der Waals surface area (Å²) in [6.45, 7) is 12.0. The zero-order valence-corrected chi connectivity index (χ0v) is 17.8. The topological polar surface area (TPSA) is 75.9 Å². The van der Waals surface area contributed by atoms with Crippen LogP contribution in [0.1, 0.15) is 68.5 Å². The predicted molar refractivity (Wildman–Crippen MR) is 109 cm³/mol. The van der Waals surface area contributed by atoms with Gasteiger partial charge in [0.1, 0.15) is 5.69 Å². The molecule has 0 radical (unpaired) electrons. The fraction of sp³-hybridized carbons (Fsp3) is 0.579. The van der Waals surface area contributed by atoms with Gasteiger partial charge in [0.2, 0.25) is 5.82 Å². The molecule has 0 aliphatic rings. The molecular formula is C19H29ClN6O. The Morgan fingerprint density at radius 1 is 1.26 bits per heavy atom. The number of halogens is 1. The second-order valence-electron chi connectivity index (χ2n) is 6.85. The van der Waals surface area contributed by atoms with Gasteiger partial charge >= 0.3 is 0 Å². The van der Waals surface area contributed by atoms with Crippen molar-refractivity contribution in [2.24, 2.45) is 0 Å². The Balaban J connectivity index is 2.77. The van der Waals surface area contributed by atoms with E-state index < -0.39 is 0 Å². The van der Waals surface area contributed by atoms with Gasteiger partial charge in [0.15, 0.2) is 11.0 Å². The molecule has 0 saturated carbocycles. The third kappa shape index (κ3) is 4.58. The van der Waals surface area contributed by atoms with Crippen LogP contribution >= 0.6 is 11.6 Å². The second kappa shape index (κ2) is 9.17. The van der Waals surface area contributed by atoms with Crippen LogP contribution in [0.15, 0.2) is 6.07 Å². The first-order valence-corrected chi connectivity index (χ1v) is 9.83. The highest BCUT2D eigenvalue weighted by Gasteiger charge is 2.25. The van der Waals surface area contributed by atoms with Crippen LogP contribution in [0.5, 0.6) is 0 Å². The summed E-state index contributed by atoms with van der Waals surface area (Å²) < 4.78 is 1.82. The van der Waals surface area contributed by atoms with Gasteiger partial charge in [-0.25, -0.2) is 14.6 Å². The van der Waals surface area contributed by atoms with E-state index in [9.17, 15) is 4.79 Å². The van der Waals surface area contributed by atoms with Crippen molar-refractivity contribution in [2.45, 2.75) is 53.4 Å². The molecule has 148 valence electrons. The fourth-order valence-electron chi connectivity index (χ4n) is 3.01. The molecule has 8 heteroatoms. The van der Waals surface area contributed by atoms with E-state index in [0.717, 1.165) is 37.3 Å². The standard InChI is InChI=1S/C19H29ClN6O/c1-7-9-25(10-8-2)18-15(16(20)22-17(23-18)19(27)21-6)26-14(12(3)4)11-13(5)24-26/h11-12H,7-10H2,1-6H3,(H,21,27). The quantitative estimate of drug-likeness (QED) is 0.692. The molecular weight excluding hydrogens is 364 g/mol. The highest BCUT2D eigenvalue weighted by molar-refractivity contribution is 6.31. The van der Waals surface area contributed by atoms with Crippen molar-refractivity contribution in [2.75, 3.05) is 25.0 Å². The SMILES string of the molecule is CCCN(CCC)c1nc(C(=O)NC)nc(Cl)c1-n1nc(C)cc1C(C)C. The van der Waals surface area contributed by atoms with Gasteiger partial charge in [-0.2, -0.15) is 5.10 Å². The number of carbonyl (C=O) groups excluding carboxylic acids is 1. The Kier molecular flexibility index (Phi) is 7.18. The van der Waals surface area contributed by atoms with Crippen molar-refractivity contribution in [3.05, 3.63) is 28.4 Å². The largest absolute Gasteiger partial charge is 0.355 e. The summed E-state index contributed by atoms with van der Waals surface area (Å²) in [6.07, 6.45) is 1.90. The van der Waals surface area contributed by atoms with E-state index in [1.165, 1.54) is 0 Å². The van der Waals surface area contributed by atoms with E-state index in [4.69, 9.17) is 11.6 Å². The minimum atomic E-state index is -0.363. The molecule has 2 rings (SSSR count). The highest BCUT2D eigenvalue weighted by Crippen LogP contribution is 2.32. The number of aryl methyl sites for hydroxylation is 1. The van der Waals surface area contributed by atoms with Crippen molar-refractivity contribution >= 4 is 23.3 Å². The number of hydrogen-bond acceptors (Lipinski definition) is 5. The van der Waals surface area contributed by atoms with E-state index in [0.29, 0.717) is 11.5 Å². The first-order valence-electron chi connectivity index (χ1n) is 9.45. The molecule has 0 spiro atoms. The van der Waals surface area contributed by atoms with E-state index in [2.05, 4.69) is 53.0 Å². The average Bonchev–Trinajstić information content (AvgIpc) is 3.01. The maximum absolute atomic E-state index is 12.1. The number of nitrogens with zero attached hydrogens (tertiary/aromatic N) is 5. The zero-order chi connectivity index (χ0) is 20.1. The molecule has 0 bridgehead atoms. The smallest absolute Gasteiger partial charge is 0.288 e.